The Labute approximate surface area is 71.3 Å². The fourth-order valence-electron chi connectivity index (χ4n) is 1.02. The van der Waals surface area contributed by atoms with Crippen molar-refractivity contribution >= 4 is 17.7 Å². The van der Waals surface area contributed by atoms with Crippen LogP contribution in [-0.4, -0.2) is 41.9 Å². The van der Waals surface area contributed by atoms with E-state index in [0.29, 0.717) is 0 Å². The number of nitrogens with zero attached hydrogens (tertiary/aromatic N) is 1. The third-order valence-electron chi connectivity index (χ3n) is 1.83. The van der Waals surface area contributed by atoms with Crippen LogP contribution in [0, 0.1) is 0 Å². The maximum atomic E-state index is 11.3. The van der Waals surface area contributed by atoms with E-state index < -0.39 is 0 Å². The minimum Gasteiger partial charge on any atom is -0.341 e. The van der Waals surface area contributed by atoms with E-state index in [0.717, 1.165) is 25.3 Å². The first-order valence-corrected chi connectivity index (χ1v) is 5.18. The Morgan fingerprint density at radius 2 is 2.36 bits per heavy atom. The number of hydrogen-bond acceptors (Lipinski definition) is 3. The molecule has 1 saturated heterocycles. The number of amides is 1. The molecule has 0 aromatic rings. The Hall–Kier alpha value is -0.220. The molecule has 0 bridgehead atoms. The first-order chi connectivity index (χ1) is 5.25. The normalized spacial score (nSPS) is 19.3. The number of thioether (sulfide) groups is 1. The maximum absolute atomic E-state index is 11.3. The van der Waals surface area contributed by atoms with E-state index in [2.05, 4.69) is 0 Å². The largest absolute Gasteiger partial charge is 0.341 e. The SMILES string of the molecule is CSCC(N)C(=O)N1CCC1. The average molecular weight is 174 g/mol. The van der Waals surface area contributed by atoms with Gasteiger partial charge in [-0.25, -0.2) is 0 Å². The minimum absolute atomic E-state index is 0.116. The number of hydrogen-bond donors (Lipinski definition) is 1. The summed E-state index contributed by atoms with van der Waals surface area (Å²) in [4.78, 5) is 13.1. The quantitative estimate of drug-likeness (QED) is 0.650. The smallest absolute Gasteiger partial charge is 0.240 e. The molecule has 3 nitrogen and oxygen atoms in total. The monoisotopic (exact) mass is 174 g/mol. The molecular formula is C7H14N2OS. The van der Waals surface area contributed by atoms with Crippen LogP contribution in [0.5, 0.6) is 0 Å². The van der Waals surface area contributed by atoms with E-state index in [-0.39, 0.29) is 11.9 Å². The van der Waals surface area contributed by atoms with Crippen molar-refractivity contribution in [3.8, 4) is 0 Å². The third-order valence-corrected chi connectivity index (χ3v) is 2.52. The summed E-state index contributed by atoms with van der Waals surface area (Å²) in [5, 5.41) is 0. The highest BCUT2D eigenvalue weighted by Gasteiger charge is 2.24. The van der Waals surface area contributed by atoms with Gasteiger partial charge in [0.15, 0.2) is 0 Å². The van der Waals surface area contributed by atoms with Crippen LogP contribution in [0.25, 0.3) is 0 Å². The highest BCUT2D eigenvalue weighted by molar-refractivity contribution is 7.98. The molecule has 1 aliphatic rings. The van der Waals surface area contributed by atoms with Gasteiger partial charge in [0.25, 0.3) is 0 Å². The summed E-state index contributed by atoms with van der Waals surface area (Å²) in [5.41, 5.74) is 5.63. The lowest BCUT2D eigenvalue weighted by Crippen LogP contribution is -2.50. The summed E-state index contributed by atoms with van der Waals surface area (Å²) < 4.78 is 0. The van der Waals surface area contributed by atoms with Crippen LogP contribution in [0.2, 0.25) is 0 Å². The Bertz CT molecular complexity index is 147. The lowest BCUT2D eigenvalue weighted by Gasteiger charge is -2.32. The topological polar surface area (TPSA) is 46.3 Å². The lowest BCUT2D eigenvalue weighted by molar-refractivity contribution is -0.135. The van der Waals surface area contributed by atoms with Gasteiger partial charge in [-0.3, -0.25) is 4.79 Å². The Morgan fingerprint density at radius 3 is 2.73 bits per heavy atom. The van der Waals surface area contributed by atoms with Crippen molar-refractivity contribution in [3.63, 3.8) is 0 Å². The highest BCUT2D eigenvalue weighted by atomic mass is 32.2. The predicted molar refractivity (Wildman–Crippen MR) is 47.6 cm³/mol. The third kappa shape index (κ3) is 2.10. The fraction of sp³-hybridized carbons (Fsp3) is 0.857. The van der Waals surface area contributed by atoms with Crippen LogP contribution in [-0.2, 0) is 4.79 Å². The standard InChI is InChI=1S/C7H14N2OS/c1-11-5-6(8)7(10)9-3-2-4-9/h6H,2-5,8H2,1H3. The average Bonchev–Trinajstić information content (AvgIpc) is 1.84. The number of carbonyl (C=O) groups is 1. The number of nitrogens with two attached hydrogens (primary N) is 1. The molecule has 0 aliphatic carbocycles. The van der Waals surface area contributed by atoms with Crippen LogP contribution in [0.3, 0.4) is 0 Å². The lowest BCUT2D eigenvalue weighted by atomic mass is 10.2. The Balaban J connectivity index is 2.27. The molecule has 0 aromatic heterocycles. The van der Waals surface area contributed by atoms with Crippen molar-refractivity contribution in [2.45, 2.75) is 12.5 Å². The first kappa shape index (κ1) is 8.87. The first-order valence-electron chi connectivity index (χ1n) is 3.79. The second-order valence-corrected chi connectivity index (χ2v) is 3.65. The van der Waals surface area contributed by atoms with Crippen LogP contribution < -0.4 is 5.73 Å². The molecule has 1 atom stereocenters. The summed E-state index contributed by atoms with van der Waals surface area (Å²) in [6, 6.07) is -0.287. The van der Waals surface area contributed by atoms with Gasteiger partial charge in [0.2, 0.25) is 5.91 Å². The zero-order valence-corrected chi connectivity index (χ0v) is 7.56. The summed E-state index contributed by atoms with van der Waals surface area (Å²) in [7, 11) is 0. The fourth-order valence-corrected chi connectivity index (χ4v) is 1.52. The zero-order chi connectivity index (χ0) is 8.27. The van der Waals surface area contributed by atoms with Crippen molar-refractivity contribution in [1.29, 1.82) is 0 Å². The van der Waals surface area contributed by atoms with Crippen LogP contribution >= 0.6 is 11.8 Å². The van der Waals surface area contributed by atoms with E-state index >= 15 is 0 Å². The van der Waals surface area contributed by atoms with Crippen molar-refractivity contribution in [1.82, 2.24) is 4.90 Å². The molecule has 2 N–H and O–H groups in total. The molecule has 0 radical (unpaired) electrons. The van der Waals surface area contributed by atoms with Crippen LogP contribution in [0.1, 0.15) is 6.42 Å². The maximum Gasteiger partial charge on any atom is 0.240 e. The summed E-state index contributed by atoms with van der Waals surface area (Å²) >= 11 is 1.62. The molecule has 1 amide bonds. The molecule has 1 aliphatic heterocycles. The van der Waals surface area contributed by atoms with Crippen molar-refractivity contribution in [2.75, 3.05) is 25.1 Å². The van der Waals surface area contributed by atoms with Gasteiger partial charge in [-0.1, -0.05) is 0 Å². The molecule has 1 unspecified atom stereocenters. The number of rotatable bonds is 3. The van der Waals surface area contributed by atoms with E-state index in [9.17, 15) is 4.79 Å². The summed E-state index contributed by atoms with van der Waals surface area (Å²) in [6.07, 6.45) is 3.10. The summed E-state index contributed by atoms with van der Waals surface area (Å²) in [6.45, 7) is 1.81. The second-order valence-electron chi connectivity index (χ2n) is 2.74. The van der Waals surface area contributed by atoms with Crippen molar-refractivity contribution < 1.29 is 4.79 Å². The molecule has 64 valence electrons. The van der Waals surface area contributed by atoms with Crippen LogP contribution in [0.4, 0.5) is 0 Å². The van der Waals surface area contributed by atoms with Gasteiger partial charge in [0.05, 0.1) is 6.04 Å². The van der Waals surface area contributed by atoms with E-state index in [1.165, 1.54) is 0 Å². The number of likely N-dealkylation sites (tertiary alicyclic amines) is 1. The van der Waals surface area contributed by atoms with Gasteiger partial charge in [0.1, 0.15) is 0 Å². The Morgan fingerprint density at radius 1 is 1.73 bits per heavy atom. The molecular weight excluding hydrogens is 160 g/mol. The van der Waals surface area contributed by atoms with Gasteiger partial charge < -0.3 is 10.6 Å². The molecule has 0 aromatic carbocycles. The van der Waals surface area contributed by atoms with E-state index in [4.69, 9.17) is 5.73 Å². The predicted octanol–water partition coefficient (Wildman–Crippen LogP) is -0.0910. The summed E-state index contributed by atoms with van der Waals surface area (Å²) in [5.74, 6) is 0.848. The Kier molecular flexibility index (Phi) is 3.20. The molecule has 1 heterocycles. The number of carbonyl (C=O) groups excluding carboxylic acids is 1. The van der Waals surface area contributed by atoms with Gasteiger partial charge in [-0.2, -0.15) is 11.8 Å². The molecule has 1 rings (SSSR count). The molecule has 4 heteroatoms. The van der Waals surface area contributed by atoms with E-state index in [1.54, 1.807) is 11.8 Å². The minimum atomic E-state index is -0.287. The second kappa shape index (κ2) is 3.97. The van der Waals surface area contributed by atoms with Gasteiger partial charge in [-0.15, -0.1) is 0 Å². The molecule has 11 heavy (non-hydrogen) atoms. The zero-order valence-electron chi connectivity index (χ0n) is 6.75. The molecule has 0 saturated carbocycles. The molecule has 1 fully saturated rings. The highest BCUT2D eigenvalue weighted by Crippen LogP contribution is 2.08. The molecule has 0 spiro atoms. The van der Waals surface area contributed by atoms with Gasteiger partial charge in [-0.05, 0) is 12.7 Å². The van der Waals surface area contributed by atoms with Gasteiger partial charge >= 0.3 is 0 Å². The van der Waals surface area contributed by atoms with Crippen molar-refractivity contribution in [2.24, 2.45) is 5.73 Å². The van der Waals surface area contributed by atoms with Crippen LogP contribution in [0.15, 0.2) is 0 Å². The van der Waals surface area contributed by atoms with E-state index in [1.807, 2.05) is 11.2 Å². The van der Waals surface area contributed by atoms with Crippen molar-refractivity contribution in [3.05, 3.63) is 0 Å². The van der Waals surface area contributed by atoms with Gasteiger partial charge in [0, 0.05) is 18.8 Å².